The maximum Gasteiger partial charge on any atom is 0.125 e. The monoisotopic (exact) mass is 300 g/mol. The first-order valence-corrected chi connectivity index (χ1v) is 7.88. The average molecular weight is 300 g/mol. The lowest BCUT2D eigenvalue weighted by Gasteiger charge is -2.21. The van der Waals surface area contributed by atoms with Crippen LogP contribution in [0, 0.1) is 0 Å². The molecule has 1 heterocycles. The summed E-state index contributed by atoms with van der Waals surface area (Å²) in [5, 5.41) is 4.52. The molecule has 0 spiro atoms. The van der Waals surface area contributed by atoms with Crippen LogP contribution in [0.5, 0.6) is 0 Å². The van der Waals surface area contributed by atoms with E-state index in [-0.39, 0.29) is 11.1 Å². The molecule has 0 unspecified atom stereocenters. The van der Waals surface area contributed by atoms with Gasteiger partial charge in [0.05, 0.1) is 12.3 Å². The highest BCUT2D eigenvalue weighted by molar-refractivity contribution is 7.11. The van der Waals surface area contributed by atoms with Crippen LogP contribution in [0.4, 0.5) is 0 Å². The van der Waals surface area contributed by atoms with Crippen LogP contribution in [-0.2, 0) is 28.2 Å². The fourth-order valence-electron chi connectivity index (χ4n) is 1.80. The van der Waals surface area contributed by atoms with Crippen molar-refractivity contribution in [3.8, 4) is 0 Å². The molecule has 20 heavy (non-hydrogen) atoms. The first-order valence-electron chi connectivity index (χ1n) is 7.06. The van der Waals surface area contributed by atoms with E-state index in [0.717, 1.165) is 17.2 Å². The molecular weight excluding hydrogens is 272 g/mol. The number of methoxy groups -OCH3 is 1. The number of hydrogen-bond acceptors (Lipinski definition) is 5. The molecule has 0 atom stereocenters. The normalized spacial score (nSPS) is 12.9. The molecule has 0 fully saturated rings. The van der Waals surface area contributed by atoms with E-state index in [0.29, 0.717) is 13.2 Å². The third-order valence-corrected chi connectivity index (χ3v) is 4.26. The fraction of sp³-hybridized carbons (Fsp3) is 0.800. The molecule has 1 rings (SSSR count). The van der Waals surface area contributed by atoms with E-state index in [1.165, 1.54) is 4.88 Å². The van der Waals surface area contributed by atoms with Crippen LogP contribution in [0.2, 0.25) is 0 Å². The van der Waals surface area contributed by atoms with Crippen LogP contribution in [0.3, 0.4) is 0 Å². The van der Waals surface area contributed by atoms with Gasteiger partial charge in [0.25, 0.3) is 0 Å². The zero-order valence-corrected chi connectivity index (χ0v) is 14.6. The number of nitrogens with one attached hydrogen (secondary N) is 1. The van der Waals surface area contributed by atoms with Crippen molar-refractivity contribution in [1.82, 2.24) is 10.3 Å². The summed E-state index contributed by atoms with van der Waals surface area (Å²) in [6.07, 6.45) is 0. The maximum atomic E-state index is 5.79. The molecule has 0 saturated heterocycles. The zero-order valence-electron chi connectivity index (χ0n) is 13.8. The van der Waals surface area contributed by atoms with Crippen LogP contribution < -0.4 is 5.32 Å². The number of nitrogens with zero attached hydrogens (tertiary/aromatic N) is 1. The highest BCUT2D eigenvalue weighted by Crippen LogP contribution is 2.31. The van der Waals surface area contributed by atoms with Crippen LogP contribution in [0.25, 0.3) is 0 Å². The molecular formula is C15H28N2O2S. The Morgan fingerprint density at radius 3 is 2.35 bits per heavy atom. The summed E-state index contributed by atoms with van der Waals surface area (Å²) in [6, 6.07) is 0. The Labute approximate surface area is 126 Å². The van der Waals surface area contributed by atoms with Gasteiger partial charge in [-0.3, -0.25) is 0 Å². The van der Waals surface area contributed by atoms with Gasteiger partial charge in [0.15, 0.2) is 0 Å². The number of rotatable bonds is 7. The molecule has 0 aromatic carbocycles. The number of ether oxygens (including phenoxy) is 2. The summed E-state index contributed by atoms with van der Waals surface area (Å²) in [4.78, 5) is 5.95. The van der Waals surface area contributed by atoms with Crippen LogP contribution >= 0.6 is 11.3 Å². The molecule has 0 saturated carbocycles. The van der Waals surface area contributed by atoms with Crippen LogP contribution in [-0.4, -0.2) is 24.2 Å². The van der Waals surface area contributed by atoms with Gasteiger partial charge in [-0.1, -0.05) is 0 Å². The minimum Gasteiger partial charge on any atom is -0.378 e. The van der Waals surface area contributed by atoms with Crippen LogP contribution in [0.15, 0.2) is 0 Å². The molecule has 1 aromatic heterocycles. The van der Waals surface area contributed by atoms with Crippen molar-refractivity contribution < 1.29 is 9.47 Å². The van der Waals surface area contributed by atoms with Crippen molar-refractivity contribution in [2.75, 3.05) is 13.7 Å². The van der Waals surface area contributed by atoms with Gasteiger partial charge >= 0.3 is 0 Å². The molecule has 0 amide bonds. The topological polar surface area (TPSA) is 43.4 Å². The van der Waals surface area contributed by atoms with Crippen molar-refractivity contribution in [3.63, 3.8) is 0 Å². The summed E-state index contributed by atoms with van der Waals surface area (Å²) in [5.74, 6) is 0. The minimum atomic E-state index is -0.345. The quantitative estimate of drug-likeness (QED) is 0.837. The van der Waals surface area contributed by atoms with E-state index in [1.807, 2.05) is 6.92 Å². The van der Waals surface area contributed by atoms with E-state index in [9.17, 15) is 0 Å². The smallest absolute Gasteiger partial charge is 0.125 e. The molecule has 0 radical (unpaired) electrons. The zero-order chi connectivity index (χ0) is 15.4. The predicted octanol–water partition coefficient (Wildman–Crippen LogP) is 3.45. The lowest BCUT2D eigenvalue weighted by Crippen LogP contribution is -2.35. The van der Waals surface area contributed by atoms with E-state index >= 15 is 0 Å². The lowest BCUT2D eigenvalue weighted by molar-refractivity contribution is -0.0143. The van der Waals surface area contributed by atoms with E-state index in [2.05, 4.69) is 39.9 Å². The molecule has 116 valence electrons. The summed E-state index contributed by atoms with van der Waals surface area (Å²) >= 11 is 1.71. The molecule has 5 heteroatoms. The summed E-state index contributed by atoms with van der Waals surface area (Å²) < 4.78 is 11.1. The Kier molecular flexibility index (Phi) is 6.13. The molecule has 4 nitrogen and oxygen atoms in total. The molecule has 0 aliphatic heterocycles. The van der Waals surface area contributed by atoms with Crippen molar-refractivity contribution in [3.05, 3.63) is 15.6 Å². The van der Waals surface area contributed by atoms with E-state index < -0.39 is 0 Å². The first kappa shape index (κ1) is 17.6. The number of aromatic nitrogens is 1. The van der Waals surface area contributed by atoms with E-state index in [4.69, 9.17) is 14.5 Å². The van der Waals surface area contributed by atoms with Crippen molar-refractivity contribution in [1.29, 1.82) is 0 Å². The number of thiazole rings is 1. The Bertz CT molecular complexity index is 422. The van der Waals surface area contributed by atoms with Gasteiger partial charge in [0.2, 0.25) is 0 Å². The summed E-state index contributed by atoms with van der Waals surface area (Å²) in [7, 11) is 1.70. The largest absolute Gasteiger partial charge is 0.378 e. The molecule has 0 bridgehead atoms. The van der Waals surface area contributed by atoms with Crippen LogP contribution in [0.1, 0.15) is 57.1 Å². The Morgan fingerprint density at radius 2 is 1.85 bits per heavy atom. The van der Waals surface area contributed by atoms with Gasteiger partial charge < -0.3 is 14.8 Å². The lowest BCUT2D eigenvalue weighted by atomic mass is 10.1. The second-order valence-corrected chi connectivity index (χ2v) is 7.45. The van der Waals surface area contributed by atoms with Crippen molar-refractivity contribution in [2.24, 2.45) is 0 Å². The Hall–Kier alpha value is -0.490. The second kappa shape index (κ2) is 6.98. The Morgan fingerprint density at radius 1 is 1.20 bits per heavy atom. The number of hydrogen-bond donors (Lipinski definition) is 1. The second-order valence-electron chi connectivity index (χ2n) is 6.37. The molecule has 0 aliphatic rings. The molecule has 1 aromatic rings. The summed E-state index contributed by atoms with van der Waals surface area (Å²) in [6.45, 7) is 14.6. The maximum absolute atomic E-state index is 5.79. The van der Waals surface area contributed by atoms with Gasteiger partial charge in [-0.15, -0.1) is 11.3 Å². The highest BCUT2D eigenvalue weighted by Gasteiger charge is 2.27. The average Bonchev–Trinajstić information content (AvgIpc) is 2.70. The third-order valence-electron chi connectivity index (χ3n) is 2.86. The van der Waals surface area contributed by atoms with Gasteiger partial charge in [-0.2, -0.15) is 0 Å². The van der Waals surface area contributed by atoms with Gasteiger partial charge in [0.1, 0.15) is 10.6 Å². The fourth-order valence-corrected chi connectivity index (χ4v) is 2.86. The van der Waals surface area contributed by atoms with Gasteiger partial charge in [-0.25, -0.2) is 4.98 Å². The first-order chi connectivity index (χ1) is 9.19. The molecule has 0 aliphatic carbocycles. The minimum absolute atomic E-state index is 0.0872. The van der Waals surface area contributed by atoms with Crippen molar-refractivity contribution in [2.45, 2.75) is 65.8 Å². The Balaban J connectivity index is 2.95. The highest BCUT2D eigenvalue weighted by atomic mass is 32.1. The van der Waals surface area contributed by atoms with Gasteiger partial charge in [0, 0.05) is 30.7 Å². The predicted molar refractivity (Wildman–Crippen MR) is 84.1 cm³/mol. The standard InChI is InChI=1S/C15H28N2O2S/c1-8-19-15(5,6)13-17-11(10-18-7)12(20-13)9-16-14(2,3)4/h16H,8-10H2,1-7H3. The molecule has 1 N–H and O–H groups in total. The SMILES string of the molecule is CCOC(C)(C)c1nc(COC)c(CNC(C)(C)C)s1. The third kappa shape index (κ3) is 5.13. The summed E-state index contributed by atoms with van der Waals surface area (Å²) in [5.41, 5.74) is 0.753. The van der Waals surface area contributed by atoms with E-state index in [1.54, 1.807) is 18.4 Å². The van der Waals surface area contributed by atoms with Crippen molar-refractivity contribution >= 4 is 11.3 Å². The van der Waals surface area contributed by atoms with Gasteiger partial charge in [-0.05, 0) is 41.5 Å².